The Bertz CT molecular complexity index is 7620. The van der Waals surface area contributed by atoms with Crippen LogP contribution in [0.15, 0.2) is 228 Å². The van der Waals surface area contributed by atoms with Gasteiger partial charge in [0, 0.05) is 206 Å². The van der Waals surface area contributed by atoms with E-state index in [1.54, 1.807) is 0 Å². The second-order valence-corrected chi connectivity index (χ2v) is 40.2. The van der Waals surface area contributed by atoms with Crippen molar-refractivity contribution in [3.8, 4) is 0 Å². The number of rotatable bonds is 0. The molecule has 0 spiro atoms. The van der Waals surface area contributed by atoms with Crippen molar-refractivity contribution in [2.75, 3.05) is 16.0 Å². The zero-order valence-corrected chi connectivity index (χ0v) is 84.9. The first kappa shape index (κ1) is 91.6. The van der Waals surface area contributed by atoms with Crippen LogP contribution in [0.25, 0.3) is 88.5 Å². The number of nitrogens with one attached hydrogen (secondary N) is 13. The Hall–Kier alpha value is -14.8. The third-order valence-electron chi connectivity index (χ3n) is 32.2. The second kappa shape index (κ2) is 37.2. The van der Waals surface area contributed by atoms with E-state index in [1.165, 1.54) is 258 Å². The number of nitrogens with zero attached hydrogens (tertiary/aromatic N) is 7. The lowest BCUT2D eigenvalue weighted by Gasteiger charge is -2.09. The Kier molecular flexibility index (Phi) is 24.3. The number of aromatic amines is 8. The van der Waals surface area contributed by atoms with E-state index in [0.29, 0.717) is 0 Å². The summed E-state index contributed by atoms with van der Waals surface area (Å²) in [5, 5.41) is 18.1. The molecule has 20 nitrogen and oxygen atoms in total. The highest BCUT2D eigenvalue weighted by atomic mass is 15.0. The van der Waals surface area contributed by atoms with Crippen LogP contribution in [0.1, 0.15) is 247 Å². The molecular weight excluding hydrogens is 1720 g/mol. The number of aromatic nitrogens is 11. The maximum atomic E-state index is 5.02. The minimum absolute atomic E-state index is 0.860. The van der Waals surface area contributed by atoms with E-state index in [4.69, 9.17) is 34.9 Å². The highest BCUT2D eigenvalue weighted by Crippen LogP contribution is 2.41. The second-order valence-electron chi connectivity index (χ2n) is 40.2. The van der Waals surface area contributed by atoms with Crippen molar-refractivity contribution in [2.24, 2.45) is 20.0 Å². The first-order valence-electron chi connectivity index (χ1n) is 50.3. The Labute approximate surface area is 820 Å². The smallest absolute Gasteiger partial charge is 0.0687 e. The molecule has 14 aliphatic rings. The third-order valence-corrected chi connectivity index (χ3v) is 32.2. The summed E-state index contributed by atoms with van der Waals surface area (Å²) in [6, 6.07) is 37.5. The average molecular weight is 1850 g/mol. The zero-order chi connectivity index (χ0) is 97.1. The molecular formula is C120H130N20. The molecule has 0 radical (unpaired) electrons. The average Bonchev–Trinajstić information content (AvgIpc) is 1.66. The van der Waals surface area contributed by atoms with Gasteiger partial charge in [-0.25, -0.2) is 9.98 Å². The van der Waals surface area contributed by atoms with Gasteiger partial charge in [-0.05, 0) is 495 Å². The first-order valence-corrected chi connectivity index (χ1v) is 50.3. The quantitative estimate of drug-likeness (QED) is 0.0692. The van der Waals surface area contributed by atoms with Gasteiger partial charge in [0.15, 0.2) is 0 Å². The molecule has 0 saturated carbocycles. The number of hydrogen-bond donors (Lipinski definition) is 13. The monoisotopic (exact) mass is 1850 g/mol. The zero-order valence-electron chi connectivity index (χ0n) is 84.9. The summed E-state index contributed by atoms with van der Waals surface area (Å²) in [6.45, 7) is 46.2. The van der Waals surface area contributed by atoms with Gasteiger partial charge in [0.05, 0.1) is 22.8 Å². The summed E-state index contributed by atoms with van der Waals surface area (Å²) in [6.07, 6.45) is 27.0. The molecule has 2 saturated heterocycles. The Balaban J connectivity index is 0.000000104. The summed E-state index contributed by atoms with van der Waals surface area (Å²) >= 11 is 0. The van der Waals surface area contributed by atoms with Crippen molar-refractivity contribution in [3.05, 3.63) is 348 Å². The van der Waals surface area contributed by atoms with Crippen LogP contribution < -0.4 is 26.6 Å². The van der Waals surface area contributed by atoms with Crippen LogP contribution >= 0.6 is 0 Å². The Morgan fingerprint density at radius 2 is 0.529 bits per heavy atom. The van der Waals surface area contributed by atoms with Gasteiger partial charge in [0.25, 0.3) is 0 Å². The van der Waals surface area contributed by atoms with Gasteiger partial charge >= 0.3 is 0 Å². The Morgan fingerprint density at radius 1 is 0.229 bits per heavy atom. The minimum Gasteiger partial charge on any atom is -0.381 e. The van der Waals surface area contributed by atoms with Crippen molar-refractivity contribution in [3.63, 3.8) is 0 Å². The molecule has 2 fully saturated rings. The molecule has 20 heteroatoms. The van der Waals surface area contributed by atoms with Crippen molar-refractivity contribution >= 4 is 128 Å². The van der Waals surface area contributed by atoms with Crippen LogP contribution in [0, 0.1) is 83.1 Å². The fraction of sp³-hybridized carbons (Fsp3) is 0.308. The summed E-state index contributed by atoms with van der Waals surface area (Å²) in [5.41, 5.74) is 72.7. The predicted octanol–water partition coefficient (Wildman–Crippen LogP) is 28.0. The standard InChI is InChI=1S/5C24H26N4/c5*1-13-17-11-24(25-12-17)16(4)23-10-9-22(28-23)15(3)21-8-7-20(27-21)14(2)19-6-5-18(13)26-19/h9-12,25-26H,5-8H2,1-4H3;7-8,11-12,25-26H,5-6,9-10H2,1-4H3;7-11,25,27-28H,5-6,12H2,1-4H3;5-6,9-11,25-26,28H,7-8,12H2,1-4H3;5-8,11,25-27H,9-10,12H2,1-4H3. The van der Waals surface area contributed by atoms with E-state index < -0.39 is 0 Å². The molecule has 0 atom stereocenters. The fourth-order valence-electron chi connectivity index (χ4n) is 21.7. The van der Waals surface area contributed by atoms with Crippen LogP contribution in [0.2, 0.25) is 0 Å². The van der Waals surface area contributed by atoms with Crippen molar-refractivity contribution in [2.45, 2.75) is 248 Å². The molecule has 11 aromatic heterocycles. The topological polar surface area (TPSA) is 275 Å². The number of anilines is 3. The molecule has 11 aromatic rings. The van der Waals surface area contributed by atoms with Gasteiger partial charge in [-0.1, -0.05) is 0 Å². The normalized spacial score (nSPS) is 16.8. The van der Waals surface area contributed by atoms with E-state index in [-0.39, 0.29) is 0 Å². The van der Waals surface area contributed by atoms with Gasteiger partial charge in [-0.15, -0.1) is 0 Å². The van der Waals surface area contributed by atoms with E-state index in [2.05, 4.69) is 345 Å². The van der Waals surface area contributed by atoms with Gasteiger partial charge in [-0.3, -0.25) is 24.9 Å². The minimum atomic E-state index is 0.860. The van der Waals surface area contributed by atoms with Crippen LogP contribution in [0.5, 0.6) is 0 Å². The summed E-state index contributed by atoms with van der Waals surface area (Å²) in [5.74, 6) is 0. The maximum Gasteiger partial charge on any atom is 0.0687 e. The van der Waals surface area contributed by atoms with E-state index in [9.17, 15) is 0 Å². The van der Waals surface area contributed by atoms with E-state index >= 15 is 0 Å². The van der Waals surface area contributed by atoms with Gasteiger partial charge in [0.2, 0.25) is 0 Å². The van der Waals surface area contributed by atoms with E-state index in [0.717, 1.165) is 188 Å². The first-order chi connectivity index (χ1) is 67.5. The molecule has 140 heavy (non-hydrogen) atoms. The third kappa shape index (κ3) is 17.4. The van der Waals surface area contributed by atoms with Crippen molar-refractivity contribution in [1.82, 2.24) is 65.5 Å². The molecule has 25 heterocycles. The van der Waals surface area contributed by atoms with Gasteiger partial charge < -0.3 is 66.5 Å². The SMILES string of the molecule is CC1=C2C=CC(=N2)C(C)=C2CCC(=C(C)c3c[nH]c(c3)C(C)=C3CCC1=N3)N2.CC1=C2CCC(=N2)C(C)=C2CCC(=C(C)c3c[nH]c(c3)C(C)=C3C=CC1=N3)N2.Cc1c2cc(c(C)c3ccc([nH]3)c(C)c3ccc([nH]3)c(C)c3nc1CC3)CN2.Cc1c2cc(c(C)c3ccc([nH]3)c(C)c3ccc([nH]3)c(C)c3nc1CC3)NC2.Cc1c2cc(c(C)c3ccc([nH]3)c(C)c3nc(c(C)c4ccc1[nH]4)CC3)NC2. The molecule has 25 rings (SSSR count). The lowest BCUT2D eigenvalue weighted by atomic mass is 10.0. The maximum absolute atomic E-state index is 5.02. The summed E-state index contributed by atoms with van der Waals surface area (Å²) in [4.78, 5) is 63.4. The highest BCUT2D eigenvalue weighted by molar-refractivity contribution is 6.14. The van der Waals surface area contributed by atoms with Crippen LogP contribution in [0.4, 0.5) is 17.1 Å². The number of H-pyrrole nitrogens is 8. The lowest BCUT2D eigenvalue weighted by molar-refractivity contribution is 0.997. The van der Waals surface area contributed by atoms with Crippen LogP contribution in [0.3, 0.4) is 0 Å². The number of aliphatic imine (C=N–C) groups is 4. The number of fused-ring (bicyclic) bond motifs is 36. The number of allylic oxidation sites excluding steroid dienone is 18. The highest BCUT2D eigenvalue weighted by Gasteiger charge is 2.29. The Morgan fingerprint density at radius 3 is 0.929 bits per heavy atom. The fourth-order valence-corrected chi connectivity index (χ4v) is 21.7. The molecule has 710 valence electrons. The van der Waals surface area contributed by atoms with Crippen molar-refractivity contribution in [1.29, 1.82) is 0 Å². The molecule has 0 unspecified atom stereocenters. The van der Waals surface area contributed by atoms with E-state index in [1.807, 2.05) is 0 Å². The predicted molar refractivity (Wildman–Crippen MR) is 585 cm³/mol. The van der Waals surface area contributed by atoms with Crippen LogP contribution in [-0.4, -0.2) is 77.7 Å². The summed E-state index contributed by atoms with van der Waals surface area (Å²) in [7, 11) is 0. The lowest BCUT2D eigenvalue weighted by Crippen LogP contribution is -2.10. The molecule has 13 N–H and O–H groups in total. The summed E-state index contributed by atoms with van der Waals surface area (Å²) < 4.78 is 0. The van der Waals surface area contributed by atoms with Gasteiger partial charge in [0.1, 0.15) is 0 Å². The largest absolute Gasteiger partial charge is 0.381 e. The molecule has 0 amide bonds. The van der Waals surface area contributed by atoms with Crippen molar-refractivity contribution < 1.29 is 0 Å². The number of hydrogen-bond acceptors (Lipinski definition) is 12. The van der Waals surface area contributed by atoms with Gasteiger partial charge in [-0.2, -0.15) is 0 Å². The molecule has 40 bridgehead atoms. The molecule has 0 aliphatic carbocycles. The molecule has 14 aliphatic heterocycles. The number of aryl methyl sites for hydroxylation is 16. The molecule has 0 aromatic carbocycles. The van der Waals surface area contributed by atoms with Crippen LogP contribution in [-0.2, 0) is 58.2 Å².